The zero-order valence-corrected chi connectivity index (χ0v) is 8.87. The van der Waals surface area contributed by atoms with Crippen molar-refractivity contribution in [2.24, 2.45) is 5.73 Å². The summed E-state index contributed by atoms with van der Waals surface area (Å²) < 4.78 is 0. The van der Waals surface area contributed by atoms with E-state index in [1.54, 1.807) is 6.07 Å². The largest absolute Gasteiger partial charge is 0.508 e. The van der Waals surface area contributed by atoms with Crippen LogP contribution in [0.3, 0.4) is 0 Å². The van der Waals surface area contributed by atoms with E-state index in [2.05, 4.69) is 5.32 Å². The number of phenolic OH excluding ortho intramolecular Hbond substituents is 1. The number of hydrogen-bond acceptors (Lipinski definition) is 3. The maximum Gasteiger partial charge on any atom is 0.116 e. The molecule has 4 N–H and O–H groups in total. The second-order valence-corrected chi connectivity index (χ2v) is 4.11. The van der Waals surface area contributed by atoms with Crippen molar-refractivity contribution >= 4 is 5.69 Å². The third-order valence-electron chi connectivity index (χ3n) is 3.03. The summed E-state index contributed by atoms with van der Waals surface area (Å²) in [5.74, 6) is 0.839. The Morgan fingerprint density at radius 2 is 2.33 bits per heavy atom. The Morgan fingerprint density at radius 3 is 3.13 bits per heavy atom. The van der Waals surface area contributed by atoms with Gasteiger partial charge >= 0.3 is 0 Å². The minimum Gasteiger partial charge on any atom is -0.508 e. The van der Waals surface area contributed by atoms with E-state index in [0.29, 0.717) is 18.2 Å². The van der Waals surface area contributed by atoms with Crippen molar-refractivity contribution in [3.8, 4) is 5.75 Å². The third kappa shape index (κ3) is 2.23. The first-order valence-electron chi connectivity index (χ1n) is 5.58. The number of anilines is 1. The van der Waals surface area contributed by atoms with E-state index in [1.807, 2.05) is 12.1 Å². The van der Waals surface area contributed by atoms with Crippen molar-refractivity contribution in [3.63, 3.8) is 0 Å². The fourth-order valence-corrected chi connectivity index (χ4v) is 2.28. The van der Waals surface area contributed by atoms with Gasteiger partial charge in [-0.3, -0.25) is 0 Å². The molecule has 1 aliphatic heterocycles. The smallest absolute Gasteiger partial charge is 0.116 e. The number of benzene rings is 1. The standard InChI is InChI=1S/C12H18N2O/c13-6-5-9-2-1-7-14-12-4-3-10(15)8-11(9)12/h3-4,8-9,14-15H,1-2,5-7,13H2. The molecule has 0 fully saturated rings. The highest BCUT2D eigenvalue weighted by Gasteiger charge is 2.18. The molecule has 1 unspecified atom stereocenters. The summed E-state index contributed by atoms with van der Waals surface area (Å²) in [7, 11) is 0. The van der Waals surface area contributed by atoms with Gasteiger partial charge in [-0.2, -0.15) is 0 Å². The lowest BCUT2D eigenvalue weighted by atomic mass is 9.91. The molecule has 1 atom stereocenters. The third-order valence-corrected chi connectivity index (χ3v) is 3.03. The molecule has 0 saturated heterocycles. The van der Waals surface area contributed by atoms with E-state index in [4.69, 9.17) is 5.73 Å². The van der Waals surface area contributed by atoms with Crippen LogP contribution < -0.4 is 11.1 Å². The maximum absolute atomic E-state index is 9.51. The Labute approximate surface area is 90.3 Å². The van der Waals surface area contributed by atoms with Gasteiger partial charge in [-0.25, -0.2) is 0 Å². The molecule has 15 heavy (non-hydrogen) atoms. The number of rotatable bonds is 2. The van der Waals surface area contributed by atoms with E-state index in [-0.39, 0.29) is 0 Å². The number of aromatic hydroxyl groups is 1. The molecule has 0 radical (unpaired) electrons. The second-order valence-electron chi connectivity index (χ2n) is 4.11. The van der Waals surface area contributed by atoms with Crippen molar-refractivity contribution < 1.29 is 5.11 Å². The molecule has 1 aromatic carbocycles. The molecular weight excluding hydrogens is 188 g/mol. The monoisotopic (exact) mass is 206 g/mol. The van der Waals surface area contributed by atoms with Crippen molar-refractivity contribution in [1.29, 1.82) is 0 Å². The van der Waals surface area contributed by atoms with E-state index in [0.717, 1.165) is 25.1 Å². The topological polar surface area (TPSA) is 58.3 Å². The second kappa shape index (κ2) is 4.53. The minimum absolute atomic E-state index is 0.347. The van der Waals surface area contributed by atoms with Gasteiger partial charge in [-0.05, 0) is 55.5 Å². The highest BCUT2D eigenvalue weighted by molar-refractivity contribution is 5.56. The van der Waals surface area contributed by atoms with Crippen molar-refractivity contribution in [3.05, 3.63) is 23.8 Å². The molecule has 0 spiro atoms. The predicted molar refractivity (Wildman–Crippen MR) is 62.2 cm³/mol. The number of nitrogens with one attached hydrogen (secondary N) is 1. The molecule has 1 heterocycles. The molecule has 82 valence electrons. The summed E-state index contributed by atoms with van der Waals surface area (Å²) in [4.78, 5) is 0. The first-order chi connectivity index (χ1) is 7.31. The zero-order chi connectivity index (χ0) is 10.7. The molecule has 1 aliphatic rings. The number of fused-ring (bicyclic) bond motifs is 1. The molecule has 0 aliphatic carbocycles. The normalized spacial score (nSPS) is 20.2. The number of phenols is 1. The molecule has 0 saturated carbocycles. The van der Waals surface area contributed by atoms with Crippen LogP contribution in [0, 0.1) is 0 Å². The Bertz CT molecular complexity index is 338. The van der Waals surface area contributed by atoms with E-state index >= 15 is 0 Å². The fraction of sp³-hybridized carbons (Fsp3) is 0.500. The molecule has 0 amide bonds. The van der Waals surface area contributed by atoms with Gasteiger partial charge < -0.3 is 16.2 Å². The fourth-order valence-electron chi connectivity index (χ4n) is 2.28. The van der Waals surface area contributed by atoms with Gasteiger partial charge in [0.15, 0.2) is 0 Å². The molecule has 3 nitrogen and oxygen atoms in total. The maximum atomic E-state index is 9.51. The molecular formula is C12H18N2O. The van der Waals surface area contributed by atoms with Crippen LogP contribution in [0.2, 0.25) is 0 Å². The van der Waals surface area contributed by atoms with Crippen LogP contribution >= 0.6 is 0 Å². The average molecular weight is 206 g/mol. The van der Waals surface area contributed by atoms with Crippen LogP contribution in [0.5, 0.6) is 5.75 Å². The van der Waals surface area contributed by atoms with Gasteiger partial charge in [0.2, 0.25) is 0 Å². The molecule has 0 bridgehead atoms. The summed E-state index contributed by atoms with van der Waals surface area (Å²) in [6, 6.07) is 5.56. The van der Waals surface area contributed by atoms with Crippen LogP contribution in [0.25, 0.3) is 0 Å². The van der Waals surface area contributed by atoms with Crippen LogP contribution in [0.15, 0.2) is 18.2 Å². The number of nitrogens with two attached hydrogens (primary N) is 1. The lowest BCUT2D eigenvalue weighted by molar-refractivity contribution is 0.472. The van der Waals surface area contributed by atoms with Crippen molar-refractivity contribution in [2.45, 2.75) is 25.2 Å². The highest BCUT2D eigenvalue weighted by atomic mass is 16.3. The van der Waals surface area contributed by atoms with Crippen LogP contribution in [0.1, 0.15) is 30.7 Å². The first-order valence-corrected chi connectivity index (χ1v) is 5.58. The van der Waals surface area contributed by atoms with Gasteiger partial charge in [0, 0.05) is 12.2 Å². The summed E-state index contributed by atoms with van der Waals surface area (Å²) in [5.41, 5.74) is 8.00. The molecule has 1 aromatic rings. The van der Waals surface area contributed by atoms with Gasteiger partial charge in [-0.15, -0.1) is 0 Å². The summed E-state index contributed by atoms with van der Waals surface area (Å²) in [5, 5.41) is 12.9. The quantitative estimate of drug-likeness (QED) is 0.649. The Morgan fingerprint density at radius 1 is 1.47 bits per heavy atom. The van der Waals surface area contributed by atoms with Crippen molar-refractivity contribution in [1.82, 2.24) is 0 Å². The predicted octanol–water partition coefficient (Wildman–Crippen LogP) is 2.03. The van der Waals surface area contributed by atoms with Crippen LogP contribution in [-0.4, -0.2) is 18.2 Å². The van der Waals surface area contributed by atoms with E-state index < -0.39 is 0 Å². The number of hydrogen-bond donors (Lipinski definition) is 3. The van der Waals surface area contributed by atoms with Crippen molar-refractivity contribution in [2.75, 3.05) is 18.4 Å². The van der Waals surface area contributed by atoms with Gasteiger partial charge in [0.05, 0.1) is 0 Å². The van der Waals surface area contributed by atoms with Crippen LogP contribution in [-0.2, 0) is 0 Å². The Kier molecular flexibility index (Phi) is 3.11. The van der Waals surface area contributed by atoms with Gasteiger partial charge in [-0.1, -0.05) is 0 Å². The van der Waals surface area contributed by atoms with Gasteiger partial charge in [0.1, 0.15) is 5.75 Å². The molecule has 0 aromatic heterocycles. The summed E-state index contributed by atoms with van der Waals surface area (Å²) in [6.45, 7) is 1.72. The highest BCUT2D eigenvalue weighted by Crippen LogP contribution is 2.35. The summed E-state index contributed by atoms with van der Waals surface area (Å²) in [6.07, 6.45) is 3.32. The average Bonchev–Trinajstić information content (AvgIpc) is 2.42. The minimum atomic E-state index is 0.347. The van der Waals surface area contributed by atoms with E-state index in [9.17, 15) is 5.11 Å². The first kappa shape index (κ1) is 10.3. The Hall–Kier alpha value is -1.22. The Balaban J connectivity index is 2.33. The molecule has 2 rings (SSSR count). The zero-order valence-electron chi connectivity index (χ0n) is 8.87. The SMILES string of the molecule is NCCC1CCCNc2ccc(O)cc21. The lowest BCUT2D eigenvalue weighted by Gasteiger charge is -2.16. The van der Waals surface area contributed by atoms with E-state index in [1.165, 1.54) is 12.0 Å². The summed E-state index contributed by atoms with van der Waals surface area (Å²) >= 11 is 0. The molecule has 3 heteroatoms. The van der Waals surface area contributed by atoms with Gasteiger partial charge in [0.25, 0.3) is 0 Å². The lowest BCUT2D eigenvalue weighted by Crippen LogP contribution is -2.07. The van der Waals surface area contributed by atoms with Crippen LogP contribution in [0.4, 0.5) is 5.69 Å².